The third kappa shape index (κ3) is 4.58. The van der Waals surface area contributed by atoms with Gasteiger partial charge in [0.25, 0.3) is 0 Å². The van der Waals surface area contributed by atoms with Crippen molar-refractivity contribution in [1.29, 1.82) is 0 Å². The van der Waals surface area contributed by atoms with Crippen LogP contribution in [0, 0.1) is 12.3 Å². The van der Waals surface area contributed by atoms with Crippen LogP contribution in [0.3, 0.4) is 0 Å². The smallest absolute Gasteiger partial charge is 0.246 e. The van der Waals surface area contributed by atoms with Gasteiger partial charge in [0.1, 0.15) is 6.04 Å². The number of rotatable bonds is 5. The Balaban J connectivity index is 1.57. The van der Waals surface area contributed by atoms with Crippen LogP contribution >= 0.6 is 0 Å². The summed E-state index contributed by atoms with van der Waals surface area (Å²) in [4.78, 5) is 14.8. The Labute approximate surface area is 155 Å². The Bertz CT molecular complexity index is 786. The average molecular weight is 347 g/mol. The van der Waals surface area contributed by atoms with Gasteiger partial charge >= 0.3 is 0 Å². The third-order valence-corrected chi connectivity index (χ3v) is 4.66. The second-order valence-electron chi connectivity index (χ2n) is 6.68. The number of amides is 1. The predicted octanol–water partition coefficient (Wildman–Crippen LogP) is 4.10. The highest BCUT2D eigenvalue weighted by Gasteiger charge is 2.14. The van der Waals surface area contributed by atoms with Crippen molar-refractivity contribution in [3.05, 3.63) is 54.1 Å². The number of carbonyl (C=O) groups excluding carboxylic acids is 1. The number of anilines is 3. The Morgan fingerprint density at radius 2 is 1.81 bits per heavy atom. The lowest BCUT2D eigenvalue weighted by atomic mass is 10.1. The Kier molecular flexibility index (Phi) is 5.80. The summed E-state index contributed by atoms with van der Waals surface area (Å²) >= 11 is 0. The molecule has 1 heterocycles. The van der Waals surface area contributed by atoms with E-state index in [0.717, 1.165) is 30.0 Å². The van der Waals surface area contributed by atoms with E-state index in [9.17, 15) is 4.79 Å². The Morgan fingerprint density at radius 3 is 2.50 bits per heavy atom. The van der Waals surface area contributed by atoms with Crippen LogP contribution in [0.5, 0.6) is 0 Å². The Hall–Kier alpha value is -2.93. The predicted molar refractivity (Wildman–Crippen MR) is 109 cm³/mol. The monoisotopic (exact) mass is 347 g/mol. The third-order valence-electron chi connectivity index (χ3n) is 4.66. The zero-order chi connectivity index (χ0) is 18.4. The lowest BCUT2D eigenvalue weighted by molar-refractivity contribution is -0.116. The summed E-state index contributed by atoms with van der Waals surface area (Å²) in [5, 5.41) is 6.14. The SMILES string of the molecule is C#Cc1cccc(N[C@H](C)C(=O)Nc2ccc(N3CCCCC3)cc2)c1. The number of nitrogens with zero attached hydrogens (tertiary/aromatic N) is 1. The lowest BCUT2D eigenvalue weighted by Gasteiger charge is -2.28. The first-order chi connectivity index (χ1) is 12.7. The number of terminal acetylenes is 1. The highest BCUT2D eigenvalue weighted by atomic mass is 16.2. The minimum atomic E-state index is -0.371. The van der Waals surface area contributed by atoms with E-state index >= 15 is 0 Å². The maximum Gasteiger partial charge on any atom is 0.246 e. The van der Waals surface area contributed by atoms with E-state index in [1.807, 2.05) is 43.3 Å². The average Bonchev–Trinajstić information content (AvgIpc) is 2.69. The quantitative estimate of drug-likeness (QED) is 0.801. The van der Waals surface area contributed by atoms with Crippen LogP contribution in [0.2, 0.25) is 0 Å². The summed E-state index contributed by atoms with van der Waals surface area (Å²) in [5.41, 5.74) is 3.65. The molecule has 1 aliphatic rings. The first-order valence-electron chi connectivity index (χ1n) is 9.15. The van der Waals surface area contributed by atoms with Crippen LogP contribution in [0.4, 0.5) is 17.1 Å². The number of nitrogens with one attached hydrogen (secondary N) is 2. The zero-order valence-electron chi connectivity index (χ0n) is 15.2. The lowest BCUT2D eigenvalue weighted by Crippen LogP contribution is -2.32. The summed E-state index contributed by atoms with van der Waals surface area (Å²) in [5.74, 6) is 2.52. The van der Waals surface area contributed by atoms with Gasteiger partial charge in [-0.2, -0.15) is 0 Å². The second-order valence-corrected chi connectivity index (χ2v) is 6.68. The normalized spacial score (nSPS) is 15.0. The molecule has 0 aliphatic carbocycles. The fourth-order valence-corrected chi connectivity index (χ4v) is 3.17. The van der Waals surface area contributed by atoms with Crippen molar-refractivity contribution in [1.82, 2.24) is 0 Å². The van der Waals surface area contributed by atoms with E-state index in [1.54, 1.807) is 0 Å². The molecule has 1 amide bonds. The van der Waals surface area contributed by atoms with Gasteiger partial charge in [0.15, 0.2) is 0 Å². The van der Waals surface area contributed by atoms with E-state index in [4.69, 9.17) is 6.42 Å². The molecule has 0 bridgehead atoms. The molecule has 1 atom stereocenters. The summed E-state index contributed by atoms with van der Waals surface area (Å²) in [6.07, 6.45) is 9.24. The van der Waals surface area contributed by atoms with Gasteiger partial charge < -0.3 is 15.5 Å². The van der Waals surface area contributed by atoms with Crippen molar-refractivity contribution in [3.63, 3.8) is 0 Å². The molecule has 0 saturated carbocycles. The number of benzene rings is 2. The van der Waals surface area contributed by atoms with Crippen molar-refractivity contribution >= 4 is 23.0 Å². The molecule has 2 aromatic rings. The van der Waals surface area contributed by atoms with Gasteiger partial charge in [-0.1, -0.05) is 12.0 Å². The maximum atomic E-state index is 12.4. The van der Waals surface area contributed by atoms with Gasteiger partial charge in [0.2, 0.25) is 5.91 Å². The first-order valence-corrected chi connectivity index (χ1v) is 9.15. The summed E-state index contributed by atoms with van der Waals surface area (Å²) in [6, 6.07) is 15.2. The molecule has 4 nitrogen and oxygen atoms in total. The fourth-order valence-electron chi connectivity index (χ4n) is 3.17. The first kappa shape index (κ1) is 17.9. The van der Waals surface area contributed by atoms with E-state index in [2.05, 4.69) is 33.6 Å². The molecular formula is C22H25N3O. The highest BCUT2D eigenvalue weighted by Crippen LogP contribution is 2.22. The van der Waals surface area contributed by atoms with Gasteiger partial charge in [-0.25, -0.2) is 0 Å². The molecule has 0 radical (unpaired) electrons. The molecule has 26 heavy (non-hydrogen) atoms. The number of piperidine rings is 1. The number of hydrogen-bond acceptors (Lipinski definition) is 3. The van der Waals surface area contributed by atoms with Crippen LogP contribution in [0.25, 0.3) is 0 Å². The molecule has 2 N–H and O–H groups in total. The summed E-state index contributed by atoms with van der Waals surface area (Å²) < 4.78 is 0. The number of carbonyl (C=O) groups is 1. The van der Waals surface area contributed by atoms with E-state index in [1.165, 1.54) is 24.9 Å². The molecule has 0 unspecified atom stereocenters. The molecule has 3 rings (SSSR count). The van der Waals surface area contributed by atoms with Gasteiger partial charge in [0, 0.05) is 35.7 Å². The molecule has 1 saturated heterocycles. The van der Waals surface area contributed by atoms with Crippen molar-refractivity contribution in [2.75, 3.05) is 28.6 Å². The second kappa shape index (κ2) is 8.44. The molecule has 134 valence electrons. The van der Waals surface area contributed by atoms with Gasteiger partial charge in [-0.15, -0.1) is 6.42 Å². The van der Waals surface area contributed by atoms with Crippen LogP contribution in [-0.4, -0.2) is 25.0 Å². The van der Waals surface area contributed by atoms with Crippen LogP contribution in [-0.2, 0) is 4.79 Å². The molecule has 4 heteroatoms. The maximum absolute atomic E-state index is 12.4. The molecule has 2 aromatic carbocycles. The largest absolute Gasteiger partial charge is 0.374 e. The molecule has 1 aliphatic heterocycles. The molecule has 0 spiro atoms. The van der Waals surface area contributed by atoms with Gasteiger partial charge in [-0.3, -0.25) is 4.79 Å². The van der Waals surface area contributed by atoms with E-state index < -0.39 is 0 Å². The van der Waals surface area contributed by atoms with Crippen LogP contribution in [0.1, 0.15) is 31.7 Å². The van der Waals surface area contributed by atoms with E-state index in [-0.39, 0.29) is 11.9 Å². The van der Waals surface area contributed by atoms with E-state index in [0.29, 0.717) is 0 Å². The van der Waals surface area contributed by atoms with Crippen LogP contribution < -0.4 is 15.5 Å². The molecular weight excluding hydrogens is 322 g/mol. The van der Waals surface area contributed by atoms with Gasteiger partial charge in [-0.05, 0) is 68.7 Å². The van der Waals surface area contributed by atoms with Crippen LogP contribution in [0.15, 0.2) is 48.5 Å². The molecule has 0 aromatic heterocycles. The molecule has 1 fully saturated rings. The minimum absolute atomic E-state index is 0.0816. The summed E-state index contributed by atoms with van der Waals surface area (Å²) in [7, 11) is 0. The van der Waals surface area contributed by atoms with Crippen molar-refractivity contribution < 1.29 is 4.79 Å². The van der Waals surface area contributed by atoms with Crippen molar-refractivity contribution in [2.45, 2.75) is 32.2 Å². The Morgan fingerprint density at radius 1 is 1.08 bits per heavy atom. The topological polar surface area (TPSA) is 44.4 Å². The van der Waals surface area contributed by atoms with Crippen molar-refractivity contribution in [2.24, 2.45) is 0 Å². The fraction of sp³-hybridized carbons (Fsp3) is 0.318. The number of hydrogen-bond donors (Lipinski definition) is 2. The summed E-state index contributed by atoms with van der Waals surface area (Å²) in [6.45, 7) is 4.06. The minimum Gasteiger partial charge on any atom is -0.374 e. The zero-order valence-corrected chi connectivity index (χ0v) is 15.2. The van der Waals surface area contributed by atoms with Gasteiger partial charge in [0.05, 0.1) is 0 Å². The standard InChI is InChI=1S/C22H25N3O/c1-3-18-8-7-9-20(16-18)23-17(2)22(26)24-19-10-12-21(13-11-19)25-14-5-4-6-15-25/h1,7-13,16-17,23H,4-6,14-15H2,2H3,(H,24,26)/t17-/m1/s1. The van der Waals surface area contributed by atoms with Crippen molar-refractivity contribution in [3.8, 4) is 12.3 Å². The highest BCUT2D eigenvalue weighted by molar-refractivity contribution is 5.96.